The molecule has 11 heteroatoms. The minimum absolute atomic E-state index is 0.0434. The SMILES string of the molecule is C=CCCCOC(=O)[C@@H]1[C@@H]2CC(C)C3(S2)C(C(=O)N(CC=C)Cn2nnc4ccccc42)N([C@H](CO)c2ccccc2)C(=O)[C@H]13. The number of aliphatic hydroxyl groups is 1. The zero-order chi connectivity index (χ0) is 31.7. The summed E-state index contributed by atoms with van der Waals surface area (Å²) in [7, 11) is 0. The summed E-state index contributed by atoms with van der Waals surface area (Å²) in [5.41, 5.74) is 2.20. The summed E-state index contributed by atoms with van der Waals surface area (Å²) in [6.07, 6.45) is 5.49. The van der Waals surface area contributed by atoms with Gasteiger partial charge in [0.15, 0.2) is 0 Å². The number of nitrogens with zero attached hydrogens (tertiary/aromatic N) is 5. The van der Waals surface area contributed by atoms with Crippen LogP contribution in [0.5, 0.6) is 0 Å². The van der Waals surface area contributed by atoms with Crippen molar-refractivity contribution in [3.8, 4) is 0 Å². The summed E-state index contributed by atoms with van der Waals surface area (Å²) in [4.78, 5) is 46.6. The van der Waals surface area contributed by atoms with Crippen molar-refractivity contribution >= 4 is 40.6 Å². The third-order valence-electron chi connectivity index (χ3n) is 9.57. The second-order valence-corrected chi connectivity index (χ2v) is 13.6. The molecule has 3 fully saturated rings. The molecule has 0 radical (unpaired) electrons. The van der Waals surface area contributed by atoms with E-state index >= 15 is 0 Å². The van der Waals surface area contributed by atoms with Crippen molar-refractivity contribution in [1.29, 1.82) is 0 Å². The molecule has 0 aliphatic carbocycles. The largest absolute Gasteiger partial charge is 0.465 e. The Kier molecular flexibility index (Phi) is 8.83. The number of carbonyl (C=O) groups excluding carboxylic acids is 3. The van der Waals surface area contributed by atoms with Gasteiger partial charge >= 0.3 is 5.97 Å². The molecular formula is C34H39N5O5S. The molecule has 1 N–H and O–H groups in total. The number of fused-ring (bicyclic) bond motifs is 2. The van der Waals surface area contributed by atoms with Crippen LogP contribution in [-0.2, 0) is 25.8 Å². The quantitative estimate of drug-likeness (QED) is 0.171. The van der Waals surface area contributed by atoms with E-state index in [9.17, 15) is 19.5 Å². The van der Waals surface area contributed by atoms with Gasteiger partial charge in [-0.3, -0.25) is 14.4 Å². The Bertz CT molecular complexity index is 1600. The lowest BCUT2D eigenvalue weighted by atomic mass is 9.66. The Morgan fingerprint density at radius 1 is 1.18 bits per heavy atom. The Balaban J connectivity index is 1.42. The van der Waals surface area contributed by atoms with Crippen LogP contribution in [0.3, 0.4) is 0 Å². The first-order chi connectivity index (χ1) is 21.9. The fourth-order valence-electron chi connectivity index (χ4n) is 7.60. The van der Waals surface area contributed by atoms with Crippen molar-refractivity contribution in [3.63, 3.8) is 0 Å². The zero-order valence-electron chi connectivity index (χ0n) is 25.4. The molecule has 45 heavy (non-hydrogen) atoms. The summed E-state index contributed by atoms with van der Waals surface area (Å²) in [5, 5.41) is 19.2. The highest BCUT2D eigenvalue weighted by Crippen LogP contribution is 2.69. The monoisotopic (exact) mass is 629 g/mol. The van der Waals surface area contributed by atoms with Crippen molar-refractivity contribution < 1.29 is 24.2 Å². The Morgan fingerprint density at radius 3 is 2.67 bits per heavy atom. The number of aromatic nitrogens is 3. The van der Waals surface area contributed by atoms with E-state index in [2.05, 4.69) is 30.4 Å². The maximum atomic E-state index is 15.0. The molecule has 0 saturated carbocycles. The molecule has 1 spiro atoms. The first-order valence-electron chi connectivity index (χ1n) is 15.5. The number of ether oxygens (including phenoxy) is 1. The van der Waals surface area contributed by atoms with E-state index in [1.807, 2.05) is 54.6 Å². The second-order valence-electron chi connectivity index (χ2n) is 12.1. The van der Waals surface area contributed by atoms with Crippen LogP contribution < -0.4 is 0 Å². The smallest absolute Gasteiger partial charge is 0.310 e. The Morgan fingerprint density at radius 2 is 1.93 bits per heavy atom. The number of rotatable bonds is 13. The fraction of sp³-hybridized carbons (Fsp3) is 0.441. The summed E-state index contributed by atoms with van der Waals surface area (Å²) in [5.74, 6) is -2.44. The van der Waals surface area contributed by atoms with E-state index in [1.165, 1.54) is 0 Å². The van der Waals surface area contributed by atoms with Crippen LogP contribution >= 0.6 is 11.8 Å². The molecule has 2 amide bonds. The van der Waals surface area contributed by atoms with Crippen LogP contribution in [0.1, 0.15) is 37.8 Å². The van der Waals surface area contributed by atoms with Crippen LogP contribution in [-0.4, -0.2) is 83.5 Å². The number of allylic oxidation sites excluding steroid dienone is 1. The highest BCUT2D eigenvalue weighted by molar-refractivity contribution is 8.02. The van der Waals surface area contributed by atoms with E-state index in [4.69, 9.17) is 4.74 Å². The fourth-order valence-corrected chi connectivity index (χ4v) is 9.99. The Labute approximate surface area is 267 Å². The van der Waals surface area contributed by atoms with Gasteiger partial charge in [-0.1, -0.05) is 66.8 Å². The number of likely N-dealkylation sites (tertiary alicyclic amines) is 1. The number of benzene rings is 2. The van der Waals surface area contributed by atoms with Crippen molar-refractivity contribution in [2.24, 2.45) is 17.8 Å². The van der Waals surface area contributed by atoms with Gasteiger partial charge in [-0.15, -0.1) is 30.0 Å². The van der Waals surface area contributed by atoms with E-state index in [0.29, 0.717) is 18.4 Å². The van der Waals surface area contributed by atoms with Gasteiger partial charge in [0.1, 0.15) is 18.2 Å². The molecule has 2 bridgehead atoms. The van der Waals surface area contributed by atoms with Gasteiger partial charge < -0.3 is 19.6 Å². The number of aliphatic hydroxyl groups excluding tert-OH is 1. The van der Waals surface area contributed by atoms with Gasteiger partial charge in [0, 0.05) is 11.8 Å². The number of hydrogen-bond acceptors (Lipinski definition) is 8. The average Bonchev–Trinajstić information content (AvgIpc) is 3.77. The van der Waals surface area contributed by atoms with Crippen LogP contribution in [0.2, 0.25) is 0 Å². The standard InChI is InChI=1S/C34H39N5O5S/c1-4-6-12-18-44-33(43)28-27-19-22(3)34(45-27)29(28)31(41)39(26(20-40)23-13-8-7-9-14-23)30(34)32(42)37(17-5-2)21-38-25-16-11-10-15-24(25)35-36-38/h4-5,7-11,13-16,22,26-30,40H,1-2,6,12,17-21H2,3H3/t22?,26-,27+,28-,29+,30?,34?/m1/s1. The summed E-state index contributed by atoms with van der Waals surface area (Å²) in [6, 6.07) is 15.1. The van der Waals surface area contributed by atoms with E-state index in [0.717, 1.165) is 17.5 Å². The maximum Gasteiger partial charge on any atom is 0.310 e. The van der Waals surface area contributed by atoms with Crippen molar-refractivity contribution in [2.45, 2.75) is 54.9 Å². The first-order valence-corrected chi connectivity index (χ1v) is 16.4. The number of carbonyl (C=O) groups is 3. The number of para-hydroxylation sites is 1. The third kappa shape index (κ3) is 5.15. The van der Waals surface area contributed by atoms with Gasteiger partial charge in [0.05, 0.1) is 41.4 Å². The van der Waals surface area contributed by atoms with E-state index in [1.54, 1.807) is 38.4 Å². The molecular weight excluding hydrogens is 590 g/mol. The van der Waals surface area contributed by atoms with Crippen molar-refractivity contribution in [3.05, 3.63) is 85.5 Å². The van der Waals surface area contributed by atoms with Gasteiger partial charge in [0.2, 0.25) is 11.8 Å². The molecule has 1 aromatic heterocycles. The first kappa shape index (κ1) is 31.0. The van der Waals surface area contributed by atoms with Gasteiger partial charge in [-0.2, -0.15) is 0 Å². The number of thioether (sulfide) groups is 1. The van der Waals surface area contributed by atoms with Crippen LogP contribution in [0.15, 0.2) is 79.9 Å². The predicted molar refractivity (Wildman–Crippen MR) is 172 cm³/mol. The lowest BCUT2D eigenvalue weighted by Crippen LogP contribution is -2.58. The third-order valence-corrected chi connectivity index (χ3v) is 11.6. The van der Waals surface area contributed by atoms with Gasteiger partial charge in [-0.25, -0.2) is 4.68 Å². The number of esters is 1. The highest BCUT2D eigenvalue weighted by atomic mass is 32.2. The summed E-state index contributed by atoms with van der Waals surface area (Å²) >= 11 is 1.58. The lowest BCUT2D eigenvalue weighted by molar-refractivity contribution is -0.155. The minimum Gasteiger partial charge on any atom is -0.465 e. The summed E-state index contributed by atoms with van der Waals surface area (Å²) in [6.45, 7) is 9.88. The Hall–Kier alpha value is -3.96. The van der Waals surface area contributed by atoms with E-state index < -0.39 is 34.6 Å². The molecule has 7 atom stereocenters. The molecule has 2 aromatic carbocycles. The summed E-state index contributed by atoms with van der Waals surface area (Å²) < 4.78 is 6.51. The molecule has 3 aromatic rings. The molecule has 4 heterocycles. The molecule has 236 valence electrons. The lowest BCUT2D eigenvalue weighted by Gasteiger charge is -2.42. The van der Waals surface area contributed by atoms with Crippen molar-refractivity contribution in [1.82, 2.24) is 24.8 Å². The molecule has 3 saturated heterocycles. The normalized spacial score (nSPS) is 27.4. The number of hydrogen-bond donors (Lipinski definition) is 1. The second kappa shape index (κ2) is 12.8. The molecule has 3 aliphatic rings. The van der Waals surface area contributed by atoms with Gasteiger partial charge in [-0.05, 0) is 42.9 Å². The predicted octanol–water partition coefficient (Wildman–Crippen LogP) is 3.98. The average molecular weight is 630 g/mol. The van der Waals surface area contributed by atoms with Gasteiger partial charge in [0.25, 0.3) is 0 Å². The highest BCUT2D eigenvalue weighted by Gasteiger charge is 2.77. The molecule has 3 unspecified atom stereocenters. The topological polar surface area (TPSA) is 118 Å². The van der Waals surface area contributed by atoms with E-state index in [-0.39, 0.29) is 49.4 Å². The number of amides is 2. The van der Waals surface area contributed by atoms with Crippen molar-refractivity contribution in [2.75, 3.05) is 19.8 Å². The number of unbranched alkanes of at least 4 members (excludes halogenated alkanes) is 1. The van der Waals surface area contributed by atoms with Crippen LogP contribution in [0.25, 0.3) is 11.0 Å². The maximum absolute atomic E-state index is 15.0. The van der Waals surface area contributed by atoms with Crippen LogP contribution in [0.4, 0.5) is 0 Å². The minimum atomic E-state index is -0.939. The van der Waals surface area contributed by atoms with Crippen LogP contribution in [0, 0.1) is 17.8 Å². The molecule has 3 aliphatic heterocycles. The molecule has 10 nitrogen and oxygen atoms in total. The molecule has 6 rings (SSSR count). The zero-order valence-corrected chi connectivity index (χ0v) is 26.2.